The average molecular weight is 512 g/mol. The van der Waals surface area contributed by atoms with Crippen molar-refractivity contribution >= 4 is 46.7 Å². The Kier molecular flexibility index (Phi) is 8.85. The first kappa shape index (κ1) is 26.7. The van der Waals surface area contributed by atoms with Crippen molar-refractivity contribution in [1.82, 2.24) is 15.5 Å². The smallest absolute Gasteiger partial charge is 0.289 e. The van der Waals surface area contributed by atoms with Crippen molar-refractivity contribution in [1.29, 1.82) is 0 Å². The summed E-state index contributed by atoms with van der Waals surface area (Å²) < 4.78 is -1.07. The molecule has 0 spiro atoms. The molecule has 9 heteroatoms. The number of Topliss-reactive ketones (excluding diaryl/α,β-unsaturated/α-hetero) is 1. The standard InChI is InChI=1S/C25H35Cl2N3O4/c1-4-6-12-18(21(31)23(33)28-13-5-2)29-22(32)20-19-17(25(19,26)27)14-30(20)24(34)15(3)16-10-8-7-9-11-16/h4-5,15-20H,1-2,6-14H2,3H3,(H,28,33)(H,29,32)/t15-,17-,18?,19-,20-/m0/s1. The van der Waals surface area contributed by atoms with Crippen LogP contribution in [0.1, 0.15) is 51.9 Å². The first-order valence-corrected chi connectivity index (χ1v) is 12.9. The van der Waals surface area contributed by atoms with Crippen LogP contribution in [0.3, 0.4) is 0 Å². The number of amides is 3. The predicted octanol–water partition coefficient (Wildman–Crippen LogP) is 3.16. The number of hydrogen-bond donors (Lipinski definition) is 2. The molecule has 3 fully saturated rings. The van der Waals surface area contributed by atoms with E-state index in [1.165, 1.54) is 12.5 Å². The predicted molar refractivity (Wildman–Crippen MR) is 132 cm³/mol. The van der Waals surface area contributed by atoms with E-state index in [-0.39, 0.29) is 30.7 Å². The van der Waals surface area contributed by atoms with Crippen molar-refractivity contribution in [2.24, 2.45) is 23.7 Å². The molecule has 1 aliphatic heterocycles. The third-order valence-corrected chi connectivity index (χ3v) is 8.62. The molecule has 2 saturated carbocycles. The van der Waals surface area contributed by atoms with Gasteiger partial charge in [0.05, 0.1) is 6.04 Å². The van der Waals surface area contributed by atoms with Crippen molar-refractivity contribution < 1.29 is 19.2 Å². The van der Waals surface area contributed by atoms with Gasteiger partial charge in [-0.05, 0) is 31.6 Å². The van der Waals surface area contributed by atoms with E-state index in [9.17, 15) is 19.2 Å². The summed E-state index contributed by atoms with van der Waals surface area (Å²) in [7, 11) is 0. The molecule has 0 aromatic rings. The number of rotatable bonds is 11. The fourth-order valence-electron chi connectivity index (χ4n) is 5.45. The highest BCUT2D eigenvalue weighted by Gasteiger charge is 2.74. The highest BCUT2D eigenvalue weighted by Crippen LogP contribution is 2.65. The first-order chi connectivity index (χ1) is 16.1. The normalized spacial score (nSPS) is 27.1. The minimum Gasteiger partial charge on any atom is -0.346 e. The molecule has 2 aliphatic carbocycles. The van der Waals surface area contributed by atoms with Gasteiger partial charge in [-0.3, -0.25) is 19.2 Å². The number of allylic oxidation sites excluding steroid dienone is 1. The van der Waals surface area contributed by atoms with Crippen LogP contribution in [-0.2, 0) is 19.2 Å². The van der Waals surface area contributed by atoms with Gasteiger partial charge < -0.3 is 15.5 Å². The number of nitrogens with one attached hydrogen (secondary N) is 2. The average Bonchev–Trinajstić information content (AvgIpc) is 3.16. The molecule has 2 N–H and O–H groups in total. The molecule has 3 amide bonds. The van der Waals surface area contributed by atoms with Crippen molar-refractivity contribution in [2.45, 2.75) is 68.3 Å². The van der Waals surface area contributed by atoms with Gasteiger partial charge in [-0.2, -0.15) is 0 Å². The Morgan fingerprint density at radius 3 is 2.41 bits per heavy atom. The molecule has 3 aliphatic rings. The lowest BCUT2D eigenvalue weighted by atomic mass is 9.80. The fraction of sp³-hybridized carbons (Fsp3) is 0.680. The summed E-state index contributed by atoms with van der Waals surface area (Å²) in [5.41, 5.74) is 0. The summed E-state index contributed by atoms with van der Waals surface area (Å²) in [6.45, 7) is 9.56. The van der Waals surface area contributed by atoms with Crippen molar-refractivity contribution in [2.75, 3.05) is 13.1 Å². The largest absolute Gasteiger partial charge is 0.346 e. The maximum Gasteiger partial charge on any atom is 0.289 e. The Bertz CT molecular complexity index is 840. The van der Waals surface area contributed by atoms with Gasteiger partial charge in [-0.15, -0.1) is 36.4 Å². The third-order valence-electron chi connectivity index (χ3n) is 7.55. The maximum atomic E-state index is 13.5. The topological polar surface area (TPSA) is 95.6 Å². The van der Waals surface area contributed by atoms with Gasteiger partial charge in [0.2, 0.25) is 17.6 Å². The second-order valence-electron chi connectivity index (χ2n) is 9.72. The molecule has 0 bridgehead atoms. The van der Waals surface area contributed by atoms with Crippen molar-refractivity contribution in [3.8, 4) is 0 Å². The van der Waals surface area contributed by atoms with E-state index >= 15 is 0 Å². The number of fused-ring (bicyclic) bond motifs is 1. The Balaban J connectivity index is 1.75. The highest BCUT2D eigenvalue weighted by molar-refractivity contribution is 6.51. The molecule has 34 heavy (non-hydrogen) atoms. The number of nitrogens with zero attached hydrogens (tertiary/aromatic N) is 1. The Hall–Kier alpha value is -1.86. The summed E-state index contributed by atoms with van der Waals surface area (Å²) in [6.07, 6.45) is 9.17. The second-order valence-corrected chi connectivity index (χ2v) is 11.2. The fourth-order valence-corrected chi connectivity index (χ4v) is 6.28. The number of likely N-dealkylation sites (tertiary alicyclic amines) is 1. The lowest BCUT2D eigenvalue weighted by Crippen LogP contribution is -2.56. The van der Waals surface area contributed by atoms with Gasteiger partial charge in [0, 0.05) is 30.8 Å². The van der Waals surface area contributed by atoms with Crippen molar-refractivity contribution in [3.05, 3.63) is 25.3 Å². The van der Waals surface area contributed by atoms with E-state index in [1.807, 2.05) is 6.92 Å². The lowest BCUT2D eigenvalue weighted by molar-refractivity contribution is -0.145. The van der Waals surface area contributed by atoms with Crippen LogP contribution in [0.25, 0.3) is 0 Å². The van der Waals surface area contributed by atoms with Gasteiger partial charge in [0.1, 0.15) is 10.4 Å². The summed E-state index contributed by atoms with van der Waals surface area (Å²) >= 11 is 12.9. The number of ketones is 1. The molecule has 1 heterocycles. The van der Waals surface area contributed by atoms with Crippen LogP contribution in [0.15, 0.2) is 25.3 Å². The Morgan fingerprint density at radius 2 is 1.79 bits per heavy atom. The monoisotopic (exact) mass is 511 g/mol. The van der Waals surface area contributed by atoms with Crippen LogP contribution in [0.5, 0.6) is 0 Å². The second kappa shape index (κ2) is 11.3. The zero-order valence-corrected chi connectivity index (χ0v) is 21.2. The maximum absolute atomic E-state index is 13.5. The van der Waals surface area contributed by atoms with E-state index in [2.05, 4.69) is 23.8 Å². The summed E-state index contributed by atoms with van der Waals surface area (Å²) in [6, 6.07) is -1.91. The summed E-state index contributed by atoms with van der Waals surface area (Å²) in [5.74, 6) is -2.60. The van der Waals surface area contributed by atoms with E-state index in [0.717, 1.165) is 25.7 Å². The summed E-state index contributed by atoms with van der Waals surface area (Å²) in [4.78, 5) is 53.5. The van der Waals surface area contributed by atoms with Gasteiger partial charge in [-0.25, -0.2) is 0 Å². The molecule has 188 valence electrons. The van der Waals surface area contributed by atoms with Gasteiger partial charge >= 0.3 is 0 Å². The SMILES string of the molecule is C=CCCC(NC(=O)[C@@H]1[C@@H]2[C@H](CN1C(=O)[C@@H](C)C1CCCCC1)C2(Cl)Cl)C(=O)C(=O)NCC=C. The number of carbonyl (C=O) groups excluding carboxylic acids is 4. The quantitative estimate of drug-likeness (QED) is 0.253. The van der Waals surface area contributed by atoms with Crippen molar-refractivity contribution in [3.63, 3.8) is 0 Å². The van der Waals surface area contributed by atoms with E-state index < -0.39 is 39.9 Å². The number of carbonyl (C=O) groups is 4. The van der Waals surface area contributed by atoms with Crippen LogP contribution in [-0.4, -0.2) is 57.9 Å². The first-order valence-electron chi connectivity index (χ1n) is 12.2. The number of hydrogen-bond acceptors (Lipinski definition) is 4. The zero-order chi connectivity index (χ0) is 25.0. The van der Waals surface area contributed by atoms with E-state index in [0.29, 0.717) is 18.9 Å². The van der Waals surface area contributed by atoms with Crippen LogP contribution >= 0.6 is 23.2 Å². The molecule has 0 aromatic carbocycles. The number of halogens is 2. The number of alkyl halides is 2. The number of piperidine rings is 1. The molecule has 1 unspecified atom stereocenters. The molecule has 5 atom stereocenters. The van der Waals surface area contributed by atoms with E-state index in [4.69, 9.17) is 23.2 Å². The van der Waals surface area contributed by atoms with E-state index in [1.54, 1.807) is 11.0 Å². The van der Waals surface area contributed by atoms with Crippen LogP contribution < -0.4 is 10.6 Å². The Labute approximate surface area is 211 Å². The minimum atomic E-state index is -1.07. The minimum absolute atomic E-state index is 0.0684. The Morgan fingerprint density at radius 1 is 1.12 bits per heavy atom. The molecular formula is C25H35Cl2N3O4. The highest BCUT2D eigenvalue weighted by atomic mass is 35.5. The lowest BCUT2D eigenvalue weighted by Gasteiger charge is -2.35. The van der Waals surface area contributed by atoms with Crippen LogP contribution in [0.4, 0.5) is 0 Å². The molecule has 1 saturated heterocycles. The molecule has 3 rings (SSSR count). The zero-order valence-electron chi connectivity index (χ0n) is 19.7. The van der Waals surface area contributed by atoms with Gasteiger partial charge in [0.25, 0.3) is 5.91 Å². The van der Waals surface area contributed by atoms with Crippen LogP contribution in [0.2, 0.25) is 0 Å². The molecule has 0 radical (unpaired) electrons. The van der Waals surface area contributed by atoms with Gasteiger partial charge in [-0.1, -0.05) is 38.3 Å². The molecule has 7 nitrogen and oxygen atoms in total. The third kappa shape index (κ3) is 5.51. The molecular weight excluding hydrogens is 477 g/mol. The molecule has 0 aromatic heterocycles. The summed E-state index contributed by atoms with van der Waals surface area (Å²) in [5, 5.41) is 5.16. The van der Waals surface area contributed by atoms with Crippen LogP contribution in [0, 0.1) is 23.7 Å². The van der Waals surface area contributed by atoms with Gasteiger partial charge in [0.15, 0.2) is 0 Å².